The quantitative estimate of drug-likeness (QED) is 0.566. The first kappa shape index (κ1) is 10.3. The van der Waals surface area contributed by atoms with E-state index in [1.54, 1.807) is 0 Å². The van der Waals surface area contributed by atoms with Crippen LogP contribution in [0.15, 0.2) is 24.3 Å². The van der Waals surface area contributed by atoms with E-state index in [0.29, 0.717) is 5.56 Å². The molecule has 0 heterocycles. The number of hydrogen-bond donors (Lipinski definition) is 1. The van der Waals surface area contributed by atoms with Crippen LogP contribution in [0.25, 0.3) is 0 Å². The number of nitrogens with zero attached hydrogens (tertiary/aromatic N) is 1. The van der Waals surface area contributed by atoms with Gasteiger partial charge in [-0.1, -0.05) is 12.1 Å². The molecule has 0 radical (unpaired) electrons. The lowest BCUT2D eigenvalue weighted by molar-refractivity contribution is -0.384. The van der Waals surface area contributed by atoms with Gasteiger partial charge in [-0.2, -0.15) is 0 Å². The molecule has 0 saturated heterocycles. The molecule has 0 saturated carbocycles. The summed E-state index contributed by atoms with van der Waals surface area (Å²) < 4.78 is 0. The van der Waals surface area contributed by atoms with E-state index in [9.17, 15) is 14.9 Å². The van der Waals surface area contributed by atoms with Gasteiger partial charge in [-0.3, -0.25) is 14.9 Å². The minimum absolute atomic E-state index is 0.00908. The number of nitro benzene ring substituents is 1. The van der Waals surface area contributed by atoms with Gasteiger partial charge in [0.05, 0.1) is 4.92 Å². The first-order chi connectivity index (χ1) is 6.63. The number of rotatable bonds is 4. The first-order valence-electron chi connectivity index (χ1n) is 3.99. The molecule has 0 amide bonds. The molecule has 0 unspecified atom stereocenters. The van der Waals surface area contributed by atoms with Gasteiger partial charge in [-0.05, 0) is 5.56 Å². The lowest BCUT2D eigenvalue weighted by Crippen LogP contribution is -2.07. The fraction of sp³-hybridized carbons (Fsp3) is 0.222. The molecule has 1 aromatic rings. The smallest absolute Gasteiger partial charge is 0.269 e. The fourth-order valence-electron chi connectivity index (χ4n) is 1.02. The molecule has 1 N–H and O–H groups in total. The Hall–Kier alpha value is -1.75. The van der Waals surface area contributed by atoms with E-state index in [1.807, 2.05) is 0 Å². The molecule has 5 heteroatoms. The van der Waals surface area contributed by atoms with Crippen molar-refractivity contribution in [3.63, 3.8) is 0 Å². The van der Waals surface area contributed by atoms with Crippen molar-refractivity contribution in [2.45, 2.75) is 6.42 Å². The van der Waals surface area contributed by atoms with E-state index in [1.165, 1.54) is 24.3 Å². The van der Waals surface area contributed by atoms with Gasteiger partial charge in [0.15, 0.2) is 5.78 Å². The van der Waals surface area contributed by atoms with Gasteiger partial charge in [-0.15, -0.1) is 0 Å². The van der Waals surface area contributed by atoms with Crippen LogP contribution in [-0.2, 0) is 11.2 Å². The molecule has 74 valence electrons. The number of aliphatic hydroxyl groups is 1. The van der Waals surface area contributed by atoms with Crippen molar-refractivity contribution in [1.29, 1.82) is 0 Å². The Bertz CT molecular complexity index is 344. The second-order valence-electron chi connectivity index (χ2n) is 2.80. The third-order valence-electron chi connectivity index (χ3n) is 1.72. The molecule has 1 aromatic carbocycles. The van der Waals surface area contributed by atoms with Crippen molar-refractivity contribution in [2.75, 3.05) is 6.61 Å². The van der Waals surface area contributed by atoms with Gasteiger partial charge >= 0.3 is 0 Å². The number of hydrogen-bond acceptors (Lipinski definition) is 4. The van der Waals surface area contributed by atoms with Crippen molar-refractivity contribution in [3.05, 3.63) is 39.9 Å². The predicted octanol–water partition coefficient (Wildman–Crippen LogP) is 0.699. The number of Topliss-reactive ketones (excluding diaryl/α,β-unsaturated/α-hetero) is 1. The van der Waals surface area contributed by atoms with E-state index in [4.69, 9.17) is 5.11 Å². The lowest BCUT2D eigenvalue weighted by atomic mass is 10.1. The second kappa shape index (κ2) is 4.48. The summed E-state index contributed by atoms with van der Waals surface area (Å²) in [6.07, 6.45) is 0.106. The Kier molecular flexibility index (Phi) is 3.30. The van der Waals surface area contributed by atoms with E-state index >= 15 is 0 Å². The zero-order valence-electron chi connectivity index (χ0n) is 7.34. The van der Waals surface area contributed by atoms with Gasteiger partial charge < -0.3 is 5.11 Å². The number of benzene rings is 1. The highest BCUT2D eigenvalue weighted by Crippen LogP contribution is 2.12. The molecule has 0 aliphatic heterocycles. The maximum atomic E-state index is 10.8. The van der Waals surface area contributed by atoms with Crippen molar-refractivity contribution < 1.29 is 14.8 Å². The van der Waals surface area contributed by atoms with Crippen molar-refractivity contribution in [3.8, 4) is 0 Å². The molecule has 0 aromatic heterocycles. The molecule has 14 heavy (non-hydrogen) atoms. The Morgan fingerprint density at radius 3 is 2.36 bits per heavy atom. The zero-order chi connectivity index (χ0) is 10.6. The molecule has 1 rings (SSSR count). The third kappa shape index (κ3) is 2.63. The van der Waals surface area contributed by atoms with E-state index in [-0.39, 0.29) is 17.9 Å². The van der Waals surface area contributed by atoms with E-state index in [2.05, 4.69) is 0 Å². The monoisotopic (exact) mass is 195 g/mol. The van der Waals surface area contributed by atoms with Crippen molar-refractivity contribution in [1.82, 2.24) is 0 Å². The number of aliphatic hydroxyl groups excluding tert-OH is 1. The molecular formula is C9H9NO4. The molecule has 0 aliphatic rings. The molecule has 0 bridgehead atoms. The highest BCUT2D eigenvalue weighted by atomic mass is 16.6. The summed E-state index contributed by atoms with van der Waals surface area (Å²) in [7, 11) is 0. The normalized spacial score (nSPS) is 9.79. The molecule has 0 aliphatic carbocycles. The number of carbonyl (C=O) groups excluding carboxylic acids is 1. The van der Waals surface area contributed by atoms with Crippen LogP contribution in [0.3, 0.4) is 0 Å². The Balaban J connectivity index is 2.73. The number of ketones is 1. The van der Waals surface area contributed by atoms with Crippen LogP contribution >= 0.6 is 0 Å². The highest BCUT2D eigenvalue weighted by Gasteiger charge is 2.06. The number of non-ortho nitro benzene ring substituents is 1. The minimum Gasteiger partial charge on any atom is -0.389 e. The van der Waals surface area contributed by atoms with Gasteiger partial charge in [0.2, 0.25) is 0 Å². The largest absolute Gasteiger partial charge is 0.389 e. The second-order valence-corrected chi connectivity index (χ2v) is 2.80. The van der Waals surface area contributed by atoms with Crippen LogP contribution in [0, 0.1) is 10.1 Å². The predicted molar refractivity (Wildman–Crippen MR) is 48.9 cm³/mol. The summed E-state index contributed by atoms with van der Waals surface area (Å²) in [6, 6.07) is 5.68. The lowest BCUT2D eigenvalue weighted by Gasteiger charge is -1.97. The van der Waals surface area contributed by atoms with Gasteiger partial charge in [0.1, 0.15) is 6.61 Å². The van der Waals surface area contributed by atoms with Crippen molar-refractivity contribution >= 4 is 11.5 Å². The van der Waals surface area contributed by atoms with Gasteiger partial charge in [0.25, 0.3) is 5.69 Å². The fourth-order valence-corrected chi connectivity index (χ4v) is 1.02. The zero-order valence-corrected chi connectivity index (χ0v) is 7.34. The average molecular weight is 195 g/mol. The van der Waals surface area contributed by atoms with Crippen LogP contribution in [0.2, 0.25) is 0 Å². The first-order valence-corrected chi connectivity index (χ1v) is 3.99. The van der Waals surface area contributed by atoms with Gasteiger partial charge in [-0.25, -0.2) is 0 Å². The third-order valence-corrected chi connectivity index (χ3v) is 1.72. The molecule has 0 spiro atoms. The van der Waals surface area contributed by atoms with Crippen LogP contribution in [0.4, 0.5) is 5.69 Å². The summed E-state index contributed by atoms with van der Waals surface area (Å²) in [5.41, 5.74) is 0.653. The highest BCUT2D eigenvalue weighted by molar-refractivity contribution is 5.81. The topological polar surface area (TPSA) is 80.4 Å². The van der Waals surface area contributed by atoms with E-state index in [0.717, 1.165) is 0 Å². The SMILES string of the molecule is O=C(CO)Cc1ccc([N+](=O)[O-])cc1. The number of carbonyl (C=O) groups is 1. The molecule has 0 fully saturated rings. The molecule has 5 nitrogen and oxygen atoms in total. The summed E-state index contributed by atoms with van der Waals surface area (Å²) in [4.78, 5) is 20.6. The van der Waals surface area contributed by atoms with Crippen LogP contribution in [-0.4, -0.2) is 22.4 Å². The van der Waals surface area contributed by atoms with E-state index < -0.39 is 11.5 Å². The van der Waals surface area contributed by atoms with Crippen molar-refractivity contribution in [2.24, 2.45) is 0 Å². The Morgan fingerprint density at radius 1 is 1.36 bits per heavy atom. The minimum atomic E-state index is -0.503. The Morgan fingerprint density at radius 2 is 1.93 bits per heavy atom. The standard InChI is InChI=1S/C9H9NO4/c11-6-9(12)5-7-1-3-8(4-2-7)10(13)14/h1-4,11H,5-6H2. The Labute approximate surface area is 80.1 Å². The summed E-state index contributed by atoms with van der Waals surface area (Å²) >= 11 is 0. The van der Waals surface area contributed by atoms with Crippen LogP contribution < -0.4 is 0 Å². The summed E-state index contributed by atoms with van der Waals surface area (Å²) in [5, 5.41) is 18.8. The molecular weight excluding hydrogens is 186 g/mol. The average Bonchev–Trinajstić information content (AvgIpc) is 2.18. The summed E-state index contributed by atoms with van der Waals surface area (Å²) in [6.45, 7) is -0.503. The molecule has 0 atom stereocenters. The van der Waals surface area contributed by atoms with Crippen LogP contribution in [0.1, 0.15) is 5.56 Å². The van der Waals surface area contributed by atoms with Crippen LogP contribution in [0.5, 0.6) is 0 Å². The maximum absolute atomic E-state index is 10.8. The number of nitro groups is 1. The maximum Gasteiger partial charge on any atom is 0.269 e. The van der Waals surface area contributed by atoms with Gasteiger partial charge in [0, 0.05) is 18.6 Å². The summed E-state index contributed by atoms with van der Waals surface area (Å²) in [5.74, 6) is -0.307.